The minimum Gasteiger partial charge on any atom is -0.444 e. The first-order valence-electron chi connectivity index (χ1n) is 5.62. The highest BCUT2D eigenvalue weighted by molar-refractivity contribution is 5.73. The van der Waals surface area contributed by atoms with Gasteiger partial charge in [-0.25, -0.2) is 4.79 Å². The van der Waals surface area contributed by atoms with Crippen LogP contribution in [0.5, 0.6) is 0 Å². The van der Waals surface area contributed by atoms with E-state index >= 15 is 0 Å². The monoisotopic (exact) mass is 229 g/mol. The molecule has 16 heavy (non-hydrogen) atoms. The molecule has 1 unspecified atom stereocenters. The van der Waals surface area contributed by atoms with Crippen LogP contribution in [0.4, 0.5) is 4.79 Å². The Balaban J connectivity index is 4.63. The Hall–Kier alpha value is -1.06. The van der Waals surface area contributed by atoms with E-state index in [4.69, 9.17) is 4.74 Å². The lowest BCUT2D eigenvalue weighted by molar-refractivity contribution is -0.112. The molecule has 0 saturated heterocycles. The summed E-state index contributed by atoms with van der Waals surface area (Å²) in [5, 5.41) is 0. The lowest BCUT2D eigenvalue weighted by Crippen LogP contribution is -2.44. The summed E-state index contributed by atoms with van der Waals surface area (Å²) in [5.74, 6) is 0.301. The summed E-state index contributed by atoms with van der Waals surface area (Å²) in [6, 6.07) is -0.447. The second-order valence-electron chi connectivity index (χ2n) is 5.40. The van der Waals surface area contributed by atoms with Crippen LogP contribution in [0, 0.1) is 5.92 Å². The molecule has 0 heterocycles. The zero-order chi connectivity index (χ0) is 12.9. The molecule has 0 aromatic heterocycles. The summed E-state index contributed by atoms with van der Waals surface area (Å²) in [7, 11) is 0. The van der Waals surface area contributed by atoms with Gasteiger partial charge in [-0.05, 0) is 33.6 Å². The molecule has 0 rings (SSSR count). The molecule has 0 aliphatic rings. The third-order valence-corrected chi connectivity index (χ3v) is 1.88. The smallest absolute Gasteiger partial charge is 0.410 e. The van der Waals surface area contributed by atoms with Crippen LogP contribution in [-0.2, 0) is 9.53 Å². The molecule has 0 N–H and O–H groups in total. The maximum atomic E-state index is 11.8. The molecule has 1 amide bonds. The zero-order valence-electron chi connectivity index (χ0n) is 11.1. The number of hydrogen-bond donors (Lipinski definition) is 0. The minimum atomic E-state index is -0.533. The van der Waals surface area contributed by atoms with Crippen LogP contribution >= 0.6 is 0 Å². The van der Waals surface area contributed by atoms with Crippen molar-refractivity contribution in [2.45, 2.75) is 53.2 Å². The quantitative estimate of drug-likeness (QED) is 0.696. The molecule has 0 aliphatic carbocycles. The van der Waals surface area contributed by atoms with E-state index in [0.717, 1.165) is 6.29 Å². The molecule has 0 spiro atoms. The first kappa shape index (κ1) is 14.9. The van der Waals surface area contributed by atoms with Crippen molar-refractivity contribution >= 4 is 12.4 Å². The van der Waals surface area contributed by atoms with Gasteiger partial charge >= 0.3 is 6.09 Å². The molecule has 0 radical (unpaired) electrons. The standard InChI is InChI=1S/C12H23NO3/c1-9(2)7-13(10(3)8-14)11(15)16-12(4,5)6/h8-10H,7H2,1-6H3. The molecule has 0 aromatic rings. The van der Waals surface area contributed by atoms with Gasteiger partial charge in [0.1, 0.15) is 11.9 Å². The number of rotatable bonds is 4. The number of aldehydes is 1. The Morgan fingerprint density at radius 2 is 1.81 bits per heavy atom. The van der Waals surface area contributed by atoms with Gasteiger partial charge in [0.15, 0.2) is 0 Å². The number of nitrogens with zero attached hydrogens (tertiary/aromatic N) is 1. The summed E-state index contributed by atoms with van der Waals surface area (Å²) in [6.45, 7) is 11.6. The Kier molecular flexibility index (Phi) is 5.48. The first-order valence-corrected chi connectivity index (χ1v) is 5.62. The highest BCUT2D eigenvalue weighted by Gasteiger charge is 2.26. The van der Waals surface area contributed by atoms with E-state index in [1.165, 1.54) is 4.90 Å². The van der Waals surface area contributed by atoms with Gasteiger partial charge in [-0.15, -0.1) is 0 Å². The summed E-state index contributed by atoms with van der Waals surface area (Å²) < 4.78 is 5.25. The largest absolute Gasteiger partial charge is 0.444 e. The molecule has 0 fully saturated rings. The van der Waals surface area contributed by atoms with Gasteiger partial charge in [-0.3, -0.25) is 4.90 Å². The topological polar surface area (TPSA) is 46.6 Å². The van der Waals surface area contributed by atoms with Gasteiger partial charge in [0.05, 0.1) is 6.04 Å². The minimum absolute atomic E-state index is 0.301. The molecule has 0 aromatic carbocycles. The van der Waals surface area contributed by atoms with E-state index in [0.29, 0.717) is 12.5 Å². The van der Waals surface area contributed by atoms with Crippen molar-refractivity contribution < 1.29 is 14.3 Å². The summed E-state index contributed by atoms with van der Waals surface area (Å²) in [4.78, 5) is 24.0. The van der Waals surface area contributed by atoms with Crippen molar-refractivity contribution in [3.05, 3.63) is 0 Å². The van der Waals surface area contributed by atoms with E-state index in [1.807, 2.05) is 34.6 Å². The third-order valence-electron chi connectivity index (χ3n) is 1.88. The molecule has 0 saturated carbocycles. The van der Waals surface area contributed by atoms with Gasteiger partial charge < -0.3 is 9.53 Å². The molecule has 94 valence electrons. The Morgan fingerprint density at radius 3 is 2.12 bits per heavy atom. The van der Waals surface area contributed by atoms with Crippen molar-refractivity contribution in [3.63, 3.8) is 0 Å². The summed E-state index contributed by atoms with van der Waals surface area (Å²) in [5.41, 5.74) is -0.533. The van der Waals surface area contributed by atoms with Crippen LogP contribution < -0.4 is 0 Å². The molecule has 1 atom stereocenters. The van der Waals surface area contributed by atoms with E-state index in [-0.39, 0.29) is 0 Å². The second-order valence-corrected chi connectivity index (χ2v) is 5.40. The normalized spacial score (nSPS) is 13.4. The molecule has 0 aliphatic heterocycles. The SMILES string of the molecule is CC(C)CN(C(=O)OC(C)(C)C)C(C)C=O. The number of carbonyl (C=O) groups excluding carboxylic acids is 2. The maximum Gasteiger partial charge on any atom is 0.410 e. The van der Waals surface area contributed by atoms with Crippen LogP contribution in [0.15, 0.2) is 0 Å². The van der Waals surface area contributed by atoms with Gasteiger partial charge in [0, 0.05) is 6.54 Å². The van der Waals surface area contributed by atoms with Crippen LogP contribution in [-0.4, -0.2) is 35.5 Å². The summed E-state index contributed by atoms with van der Waals surface area (Å²) in [6.07, 6.45) is 0.326. The first-order chi connectivity index (χ1) is 7.17. The molecular weight excluding hydrogens is 206 g/mol. The fraction of sp³-hybridized carbons (Fsp3) is 0.833. The third kappa shape index (κ3) is 5.73. The number of amides is 1. The zero-order valence-corrected chi connectivity index (χ0v) is 11.1. The Labute approximate surface area is 98.0 Å². The summed E-state index contributed by atoms with van der Waals surface area (Å²) >= 11 is 0. The van der Waals surface area contributed by atoms with Gasteiger partial charge in [-0.2, -0.15) is 0 Å². The average molecular weight is 229 g/mol. The van der Waals surface area contributed by atoms with Crippen LogP contribution in [0.3, 0.4) is 0 Å². The number of carbonyl (C=O) groups is 2. The van der Waals surface area contributed by atoms with Crippen molar-refractivity contribution in [2.75, 3.05) is 6.54 Å². The number of ether oxygens (including phenoxy) is 1. The molecular formula is C12H23NO3. The Morgan fingerprint density at radius 1 is 1.31 bits per heavy atom. The lowest BCUT2D eigenvalue weighted by atomic mass is 10.2. The molecule has 4 heteroatoms. The molecule has 0 bridgehead atoms. The van der Waals surface area contributed by atoms with Crippen LogP contribution in [0.1, 0.15) is 41.5 Å². The van der Waals surface area contributed by atoms with Crippen molar-refractivity contribution in [1.29, 1.82) is 0 Å². The number of hydrogen-bond acceptors (Lipinski definition) is 3. The fourth-order valence-corrected chi connectivity index (χ4v) is 1.19. The van der Waals surface area contributed by atoms with E-state index < -0.39 is 17.7 Å². The van der Waals surface area contributed by atoms with Gasteiger partial charge in [0.2, 0.25) is 0 Å². The van der Waals surface area contributed by atoms with Crippen molar-refractivity contribution in [1.82, 2.24) is 4.90 Å². The van der Waals surface area contributed by atoms with Crippen molar-refractivity contribution in [3.8, 4) is 0 Å². The van der Waals surface area contributed by atoms with Crippen molar-refractivity contribution in [2.24, 2.45) is 5.92 Å². The highest BCUT2D eigenvalue weighted by atomic mass is 16.6. The van der Waals surface area contributed by atoms with Gasteiger partial charge in [0.25, 0.3) is 0 Å². The highest BCUT2D eigenvalue weighted by Crippen LogP contribution is 2.13. The van der Waals surface area contributed by atoms with Crippen LogP contribution in [0.25, 0.3) is 0 Å². The predicted molar refractivity (Wildman–Crippen MR) is 63.3 cm³/mol. The molecule has 4 nitrogen and oxygen atoms in total. The second kappa shape index (κ2) is 5.87. The Bertz CT molecular complexity index is 243. The van der Waals surface area contributed by atoms with E-state index in [2.05, 4.69) is 0 Å². The lowest BCUT2D eigenvalue weighted by Gasteiger charge is -2.30. The average Bonchev–Trinajstić information content (AvgIpc) is 2.09. The van der Waals surface area contributed by atoms with Crippen LogP contribution in [0.2, 0.25) is 0 Å². The fourth-order valence-electron chi connectivity index (χ4n) is 1.19. The predicted octanol–water partition coefficient (Wildman–Crippen LogP) is 2.47. The maximum absolute atomic E-state index is 11.8. The van der Waals surface area contributed by atoms with Gasteiger partial charge in [-0.1, -0.05) is 13.8 Å². The van der Waals surface area contributed by atoms with E-state index in [1.54, 1.807) is 6.92 Å². The van der Waals surface area contributed by atoms with E-state index in [9.17, 15) is 9.59 Å².